The maximum Gasteiger partial charge on any atom is 0.227 e. The van der Waals surface area contributed by atoms with Gasteiger partial charge in [-0.05, 0) is 148 Å². The monoisotopic (exact) mass is 896 g/mol. The van der Waals surface area contributed by atoms with Gasteiger partial charge in [0.1, 0.15) is 39.1 Å². The number of anilines is 3. The van der Waals surface area contributed by atoms with Gasteiger partial charge in [0.05, 0.1) is 5.41 Å². The molecule has 0 fully saturated rings. The maximum absolute atomic E-state index is 6.96. The Kier molecular flexibility index (Phi) is 6.91. The second-order valence-electron chi connectivity index (χ2n) is 19.3. The Morgan fingerprint density at radius 3 is 1.80 bits per heavy atom. The van der Waals surface area contributed by atoms with Crippen molar-refractivity contribution < 1.29 is 17.7 Å². The van der Waals surface area contributed by atoms with E-state index in [1.54, 1.807) is 6.20 Å². The zero-order chi connectivity index (χ0) is 45.4. The molecule has 6 nitrogen and oxygen atoms in total. The van der Waals surface area contributed by atoms with E-state index in [0.29, 0.717) is 5.71 Å². The van der Waals surface area contributed by atoms with E-state index in [9.17, 15) is 0 Å². The molecular weight excluding hydrogens is 861 g/mol. The minimum atomic E-state index is -0.646. The van der Waals surface area contributed by atoms with E-state index in [0.717, 1.165) is 99.2 Å². The first-order chi connectivity index (χ1) is 34.7. The first-order valence-corrected chi connectivity index (χ1v) is 24.0. The third-order valence-electron chi connectivity index (χ3n) is 16.0. The van der Waals surface area contributed by atoms with Gasteiger partial charge < -0.3 is 22.6 Å². The molecule has 8 aromatic carbocycles. The Morgan fingerprint density at radius 1 is 0.443 bits per heavy atom. The summed E-state index contributed by atoms with van der Waals surface area (Å²) < 4.78 is 26.8. The van der Waals surface area contributed by atoms with Crippen molar-refractivity contribution in [3.05, 3.63) is 234 Å². The molecule has 0 aliphatic heterocycles. The van der Waals surface area contributed by atoms with Crippen LogP contribution in [0.25, 0.3) is 105 Å². The number of fused-ring (bicyclic) bond motifs is 22. The number of allylic oxidation sites excluding steroid dienone is 8. The van der Waals surface area contributed by atoms with Crippen molar-refractivity contribution in [2.45, 2.75) is 5.41 Å². The molecule has 5 aromatic heterocycles. The van der Waals surface area contributed by atoms with Gasteiger partial charge in [0, 0.05) is 78.2 Å². The molecule has 6 heteroatoms. The molecule has 2 atom stereocenters. The van der Waals surface area contributed by atoms with E-state index < -0.39 is 5.41 Å². The number of aromatic nitrogens is 1. The average molecular weight is 897 g/mol. The smallest absolute Gasteiger partial charge is 0.227 e. The number of pyridine rings is 1. The van der Waals surface area contributed by atoms with Crippen LogP contribution in [0.4, 0.5) is 17.1 Å². The average Bonchev–Trinajstić information content (AvgIpc) is 4.22. The zero-order valence-electron chi connectivity index (χ0n) is 37.3. The number of benzene rings is 8. The molecule has 0 radical (unpaired) electrons. The van der Waals surface area contributed by atoms with Crippen LogP contribution in [0.2, 0.25) is 0 Å². The van der Waals surface area contributed by atoms with Crippen LogP contribution >= 0.6 is 0 Å². The minimum absolute atomic E-state index is 0.0312. The standard InChI is InChI=1S/C64H36N2O4/c1-2-13-36(14-3-1)66(37-22-25-55-45(29-37)41-18-10-28-65-63(41)70-55)38-23-26-56-48(30-38)62-57(67-56)27-24-50-61(62)42-17-8-11-35-12-9-19-49(60(35)42)64(50)51-33-58-46(39-15-4-6-20-53(39)68-58)31-43(51)44-32-47-40-16-5-7-21-54(40)69-59(47)34-52(44)64/h1-34,49,60H. The number of hydrogen-bond donors (Lipinski definition) is 0. The minimum Gasteiger partial charge on any atom is -0.456 e. The summed E-state index contributed by atoms with van der Waals surface area (Å²) >= 11 is 0. The molecule has 1 spiro atoms. The summed E-state index contributed by atoms with van der Waals surface area (Å²) in [7, 11) is 0. The van der Waals surface area contributed by atoms with E-state index in [1.165, 1.54) is 44.5 Å². The van der Waals surface area contributed by atoms with Crippen molar-refractivity contribution in [1.29, 1.82) is 0 Å². The summed E-state index contributed by atoms with van der Waals surface area (Å²) in [5.41, 5.74) is 19.1. The van der Waals surface area contributed by atoms with Crippen molar-refractivity contribution in [2.24, 2.45) is 11.8 Å². The molecule has 13 aromatic rings. The summed E-state index contributed by atoms with van der Waals surface area (Å²) in [4.78, 5) is 6.86. The summed E-state index contributed by atoms with van der Waals surface area (Å²) in [5, 5.41) is 8.66. The van der Waals surface area contributed by atoms with E-state index in [4.69, 9.17) is 17.7 Å². The lowest BCUT2D eigenvalue weighted by Crippen LogP contribution is -2.45. The normalized spacial score (nSPS) is 17.3. The van der Waals surface area contributed by atoms with Crippen molar-refractivity contribution in [2.75, 3.05) is 4.90 Å². The first-order valence-electron chi connectivity index (χ1n) is 24.0. The van der Waals surface area contributed by atoms with Gasteiger partial charge in [-0.1, -0.05) is 97.1 Å². The van der Waals surface area contributed by atoms with Crippen LogP contribution in [-0.4, -0.2) is 4.98 Å². The van der Waals surface area contributed by atoms with Gasteiger partial charge in [-0.2, -0.15) is 0 Å². The van der Waals surface area contributed by atoms with E-state index >= 15 is 0 Å². The van der Waals surface area contributed by atoms with Crippen LogP contribution in [0.3, 0.4) is 0 Å². The second-order valence-corrected chi connectivity index (χ2v) is 19.3. The highest BCUT2D eigenvalue weighted by molar-refractivity contribution is 6.16. The molecule has 0 N–H and O–H groups in total. The van der Waals surface area contributed by atoms with Crippen LogP contribution in [0.5, 0.6) is 0 Å². The van der Waals surface area contributed by atoms with Gasteiger partial charge in [0.25, 0.3) is 0 Å². The lowest BCUT2D eigenvalue weighted by Gasteiger charge is -2.50. The fourth-order valence-corrected chi connectivity index (χ4v) is 13.2. The third kappa shape index (κ3) is 4.61. The SMILES string of the molecule is C1=CC2=CC=CC3C2C(=C1)c1c(ccc2oc4ccc(N(c5ccccc5)c5ccc6oc7ncccc7c6c5)cc4c12)C31c2cc3oc4ccccc4c3cc2-c2cc3c(cc21)oc1ccccc13. The molecule has 17 rings (SSSR count). The molecular formula is C64H36N2O4. The number of hydrogen-bond acceptors (Lipinski definition) is 6. The highest BCUT2D eigenvalue weighted by atomic mass is 16.3. The fraction of sp³-hybridized carbons (Fsp3) is 0.0469. The Bertz CT molecular complexity index is 4510. The zero-order valence-corrected chi connectivity index (χ0v) is 37.3. The van der Waals surface area contributed by atoms with Gasteiger partial charge in [0.2, 0.25) is 5.71 Å². The predicted molar refractivity (Wildman–Crippen MR) is 281 cm³/mol. The summed E-state index contributed by atoms with van der Waals surface area (Å²) in [6.45, 7) is 0. The maximum atomic E-state index is 6.96. The molecule has 0 bridgehead atoms. The Hall–Kier alpha value is -9.13. The highest BCUT2D eigenvalue weighted by Crippen LogP contribution is 2.67. The van der Waals surface area contributed by atoms with Crippen LogP contribution in [0.15, 0.2) is 230 Å². The fourth-order valence-electron chi connectivity index (χ4n) is 13.2. The quantitative estimate of drug-likeness (QED) is 0.176. The van der Waals surface area contributed by atoms with Gasteiger partial charge in [-0.3, -0.25) is 0 Å². The Balaban J connectivity index is 0.980. The highest BCUT2D eigenvalue weighted by Gasteiger charge is 2.58. The van der Waals surface area contributed by atoms with Crippen LogP contribution in [0, 0.1) is 11.8 Å². The van der Waals surface area contributed by atoms with E-state index in [-0.39, 0.29) is 11.8 Å². The van der Waals surface area contributed by atoms with Gasteiger partial charge in [-0.25, -0.2) is 4.98 Å². The molecule has 0 amide bonds. The van der Waals surface area contributed by atoms with Crippen molar-refractivity contribution in [1.82, 2.24) is 4.98 Å². The summed E-state index contributed by atoms with van der Waals surface area (Å²) in [6.07, 6.45) is 15.7. The third-order valence-corrected chi connectivity index (χ3v) is 16.0. The molecule has 0 saturated heterocycles. The first kappa shape index (κ1) is 36.9. The van der Waals surface area contributed by atoms with Crippen LogP contribution in [-0.2, 0) is 5.41 Å². The number of furan rings is 4. The number of rotatable bonds is 3. The van der Waals surface area contributed by atoms with E-state index in [1.807, 2.05) is 6.07 Å². The molecule has 326 valence electrons. The molecule has 70 heavy (non-hydrogen) atoms. The lowest BCUT2D eigenvalue weighted by atomic mass is 9.51. The van der Waals surface area contributed by atoms with Crippen LogP contribution < -0.4 is 4.90 Å². The van der Waals surface area contributed by atoms with Crippen molar-refractivity contribution in [3.8, 4) is 11.1 Å². The number of nitrogens with zero attached hydrogens (tertiary/aromatic N) is 2. The summed E-state index contributed by atoms with van der Waals surface area (Å²) in [5.74, 6) is 0.0910. The molecule has 0 saturated carbocycles. The van der Waals surface area contributed by atoms with Gasteiger partial charge in [-0.15, -0.1) is 0 Å². The lowest BCUT2D eigenvalue weighted by molar-refractivity contribution is 0.383. The largest absolute Gasteiger partial charge is 0.456 e. The second kappa shape index (κ2) is 13.1. The molecule has 5 heterocycles. The van der Waals surface area contributed by atoms with Crippen molar-refractivity contribution in [3.63, 3.8) is 0 Å². The van der Waals surface area contributed by atoms with Gasteiger partial charge in [0.15, 0.2) is 0 Å². The molecule has 4 aliphatic rings. The summed E-state index contributed by atoms with van der Waals surface area (Å²) in [6, 6.07) is 58.7. The number of para-hydroxylation sites is 3. The van der Waals surface area contributed by atoms with E-state index in [2.05, 4.69) is 204 Å². The Morgan fingerprint density at radius 2 is 1.06 bits per heavy atom. The molecule has 4 aliphatic carbocycles. The van der Waals surface area contributed by atoms with Crippen LogP contribution in [0.1, 0.15) is 22.3 Å². The molecule has 2 unspecified atom stereocenters. The predicted octanol–water partition coefficient (Wildman–Crippen LogP) is 17.2. The van der Waals surface area contributed by atoms with Crippen molar-refractivity contribution >= 4 is 111 Å². The Labute approximate surface area is 399 Å². The topological polar surface area (TPSA) is 68.7 Å². The van der Waals surface area contributed by atoms with Gasteiger partial charge >= 0.3 is 0 Å².